The molecule has 2 aromatic heterocycles. The van der Waals surface area contributed by atoms with E-state index in [1.165, 1.54) is 5.56 Å². The summed E-state index contributed by atoms with van der Waals surface area (Å²) in [4.78, 5) is 7.28. The van der Waals surface area contributed by atoms with Crippen molar-refractivity contribution in [2.75, 3.05) is 6.54 Å². The maximum Gasteiger partial charge on any atom is 0.106 e. The molecule has 2 heterocycles. The second-order valence-electron chi connectivity index (χ2n) is 3.84. The first kappa shape index (κ1) is 10.9. The number of nitrogens with zero attached hydrogens (tertiary/aromatic N) is 3. The maximum atomic E-state index is 4.18. The highest BCUT2D eigenvalue weighted by atomic mass is 15.2. The number of hydrogen-bond donors (Lipinski definition) is 2. The van der Waals surface area contributed by atoms with Gasteiger partial charge in [-0.15, -0.1) is 0 Å². The van der Waals surface area contributed by atoms with Crippen molar-refractivity contribution in [2.24, 2.45) is 7.05 Å². The van der Waals surface area contributed by atoms with Crippen molar-refractivity contribution in [3.05, 3.63) is 36.2 Å². The highest BCUT2D eigenvalue weighted by molar-refractivity contribution is 5.02. The number of rotatable bonds is 6. The first-order valence-corrected chi connectivity index (χ1v) is 5.51. The predicted molar refractivity (Wildman–Crippen MR) is 61.8 cm³/mol. The van der Waals surface area contributed by atoms with Gasteiger partial charge in [0.05, 0.1) is 6.20 Å². The van der Waals surface area contributed by atoms with E-state index in [0.717, 1.165) is 31.8 Å². The lowest BCUT2D eigenvalue weighted by molar-refractivity contribution is 0.640. The summed E-state index contributed by atoms with van der Waals surface area (Å²) >= 11 is 0. The molecule has 86 valence electrons. The van der Waals surface area contributed by atoms with Crippen molar-refractivity contribution in [1.29, 1.82) is 0 Å². The summed E-state index contributed by atoms with van der Waals surface area (Å²) in [5.74, 6) is 1.06. The van der Waals surface area contributed by atoms with Crippen LogP contribution in [0.5, 0.6) is 0 Å². The number of aromatic amines is 1. The predicted octanol–water partition coefficient (Wildman–Crippen LogP) is 0.866. The summed E-state index contributed by atoms with van der Waals surface area (Å²) in [5, 5.41) is 7.50. The van der Waals surface area contributed by atoms with Gasteiger partial charge in [-0.25, -0.2) is 4.98 Å². The Balaban J connectivity index is 1.59. The molecule has 0 spiro atoms. The lowest BCUT2D eigenvalue weighted by atomic mass is 10.3. The van der Waals surface area contributed by atoms with Crippen molar-refractivity contribution in [1.82, 2.24) is 25.1 Å². The van der Waals surface area contributed by atoms with Gasteiger partial charge >= 0.3 is 0 Å². The normalized spacial score (nSPS) is 10.8. The largest absolute Gasteiger partial charge is 0.349 e. The minimum Gasteiger partial charge on any atom is -0.349 e. The molecular formula is C11H17N5. The minimum absolute atomic E-state index is 0.881. The molecule has 2 N–H and O–H groups in total. The molecule has 0 amide bonds. The van der Waals surface area contributed by atoms with Crippen LogP contribution in [0.1, 0.15) is 17.8 Å². The van der Waals surface area contributed by atoms with Gasteiger partial charge in [-0.05, 0) is 13.0 Å². The lowest BCUT2D eigenvalue weighted by Crippen LogP contribution is -2.15. The van der Waals surface area contributed by atoms with E-state index in [2.05, 4.69) is 20.4 Å². The summed E-state index contributed by atoms with van der Waals surface area (Å²) in [6.07, 6.45) is 9.65. The standard InChI is InChI=1S/C11H17N5/c1-16-9-10(8-15-16)7-12-4-2-3-11-13-5-6-14-11/h5-6,8-9,12H,2-4,7H2,1H3,(H,13,14). The van der Waals surface area contributed by atoms with Gasteiger partial charge in [0.1, 0.15) is 5.82 Å². The third-order valence-corrected chi connectivity index (χ3v) is 2.41. The van der Waals surface area contributed by atoms with E-state index in [4.69, 9.17) is 0 Å². The van der Waals surface area contributed by atoms with Crippen LogP contribution >= 0.6 is 0 Å². The molecule has 2 aromatic rings. The molecule has 0 atom stereocenters. The van der Waals surface area contributed by atoms with Gasteiger partial charge in [-0.2, -0.15) is 5.10 Å². The molecule has 0 bridgehead atoms. The van der Waals surface area contributed by atoms with Gasteiger partial charge in [0.25, 0.3) is 0 Å². The molecular weight excluding hydrogens is 202 g/mol. The molecule has 0 aliphatic heterocycles. The fraction of sp³-hybridized carbons (Fsp3) is 0.455. The van der Waals surface area contributed by atoms with Crippen molar-refractivity contribution < 1.29 is 0 Å². The number of nitrogens with one attached hydrogen (secondary N) is 2. The van der Waals surface area contributed by atoms with Crippen LogP contribution in [0.2, 0.25) is 0 Å². The quantitative estimate of drug-likeness (QED) is 0.709. The molecule has 5 heteroatoms. The van der Waals surface area contributed by atoms with E-state index in [1.807, 2.05) is 30.3 Å². The third kappa shape index (κ3) is 3.20. The molecule has 0 saturated carbocycles. The molecule has 0 saturated heterocycles. The number of aryl methyl sites for hydroxylation is 2. The fourth-order valence-corrected chi connectivity index (χ4v) is 1.61. The SMILES string of the molecule is Cn1cc(CNCCCc2ncc[nH]2)cn1. The summed E-state index contributed by atoms with van der Waals surface area (Å²) < 4.78 is 1.82. The van der Waals surface area contributed by atoms with Crippen molar-refractivity contribution in [3.8, 4) is 0 Å². The van der Waals surface area contributed by atoms with Crippen LogP contribution in [-0.2, 0) is 20.0 Å². The first-order valence-electron chi connectivity index (χ1n) is 5.51. The average molecular weight is 219 g/mol. The Labute approximate surface area is 94.9 Å². The van der Waals surface area contributed by atoms with E-state index in [1.54, 1.807) is 6.20 Å². The number of hydrogen-bond acceptors (Lipinski definition) is 3. The summed E-state index contributed by atoms with van der Waals surface area (Å²) in [6.45, 7) is 1.88. The van der Waals surface area contributed by atoms with Crippen LogP contribution in [0, 0.1) is 0 Å². The number of aromatic nitrogens is 4. The summed E-state index contributed by atoms with van der Waals surface area (Å²) in [7, 11) is 1.93. The molecule has 2 rings (SSSR count). The second-order valence-corrected chi connectivity index (χ2v) is 3.84. The molecule has 0 unspecified atom stereocenters. The monoisotopic (exact) mass is 219 g/mol. The molecule has 16 heavy (non-hydrogen) atoms. The van der Waals surface area contributed by atoms with Crippen LogP contribution in [0.3, 0.4) is 0 Å². The number of H-pyrrole nitrogens is 1. The maximum absolute atomic E-state index is 4.18. The smallest absolute Gasteiger partial charge is 0.106 e. The summed E-state index contributed by atoms with van der Waals surface area (Å²) in [6, 6.07) is 0. The van der Waals surface area contributed by atoms with Gasteiger partial charge in [-0.1, -0.05) is 0 Å². The Kier molecular flexibility index (Phi) is 3.71. The third-order valence-electron chi connectivity index (χ3n) is 2.41. The van der Waals surface area contributed by atoms with Crippen LogP contribution < -0.4 is 5.32 Å². The van der Waals surface area contributed by atoms with Crippen molar-refractivity contribution >= 4 is 0 Å². The summed E-state index contributed by atoms with van der Waals surface area (Å²) in [5.41, 5.74) is 1.22. The highest BCUT2D eigenvalue weighted by Gasteiger charge is 1.96. The van der Waals surface area contributed by atoms with Crippen molar-refractivity contribution in [3.63, 3.8) is 0 Å². The molecule has 0 aromatic carbocycles. The van der Waals surface area contributed by atoms with E-state index in [9.17, 15) is 0 Å². The van der Waals surface area contributed by atoms with E-state index in [0.29, 0.717) is 0 Å². The Bertz CT molecular complexity index is 404. The Morgan fingerprint density at radius 2 is 2.44 bits per heavy atom. The zero-order valence-electron chi connectivity index (χ0n) is 9.48. The minimum atomic E-state index is 0.881. The zero-order valence-corrected chi connectivity index (χ0v) is 9.48. The first-order chi connectivity index (χ1) is 7.84. The van der Waals surface area contributed by atoms with Gasteiger partial charge in [0, 0.05) is 44.2 Å². The Hall–Kier alpha value is -1.62. The van der Waals surface area contributed by atoms with Crippen LogP contribution in [-0.4, -0.2) is 26.3 Å². The van der Waals surface area contributed by atoms with Gasteiger partial charge in [0.2, 0.25) is 0 Å². The molecule has 0 fully saturated rings. The van der Waals surface area contributed by atoms with Gasteiger partial charge in [-0.3, -0.25) is 4.68 Å². The van der Waals surface area contributed by atoms with Crippen LogP contribution in [0.4, 0.5) is 0 Å². The fourth-order valence-electron chi connectivity index (χ4n) is 1.61. The lowest BCUT2D eigenvalue weighted by Gasteiger charge is -2.01. The molecule has 0 aliphatic carbocycles. The molecule has 0 radical (unpaired) electrons. The average Bonchev–Trinajstić information content (AvgIpc) is 2.89. The zero-order chi connectivity index (χ0) is 11.2. The molecule has 5 nitrogen and oxygen atoms in total. The topological polar surface area (TPSA) is 58.5 Å². The Morgan fingerprint density at radius 1 is 1.50 bits per heavy atom. The van der Waals surface area contributed by atoms with Gasteiger partial charge < -0.3 is 10.3 Å². The van der Waals surface area contributed by atoms with E-state index >= 15 is 0 Å². The van der Waals surface area contributed by atoms with E-state index < -0.39 is 0 Å². The molecule has 0 aliphatic rings. The number of imidazole rings is 1. The van der Waals surface area contributed by atoms with Crippen molar-refractivity contribution in [2.45, 2.75) is 19.4 Å². The Morgan fingerprint density at radius 3 is 3.12 bits per heavy atom. The highest BCUT2D eigenvalue weighted by Crippen LogP contribution is 1.96. The van der Waals surface area contributed by atoms with Gasteiger partial charge in [0.15, 0.2) is 0 Å². The van der Waals surface area contributed by atoms with Crippen LogP contribution in [0.15, 0.2) is 24.8 Å². The second kappa shape index (κ2) is 5.46. The van der Waals surface area contributed by atoms with Crippen LogP contribution in [0.25, 0.3) is 0 Å². The van der Waals surface area contributed by atoms with E-state index in [-0.39, 0.29) is 0 Å².